The highest BCUT2D eigenvalue weighted by Crippen LogP contribution is 2.24. The summed E-state index contributed by atoms with van der Waals surface area (Å²) in [6.07, 6.45) is -1.33. The molecule has 0 aromatic heterocycles. The van der Waals surface area contributed by atoms with Gasteiger partial charge in [0.15, 0.2) is 11.9 Å². The Kier molecular flexibility index (Phi) is 6.56. The van der Waals surface area contributed by atoms with Gasteiger partial charge in [-0.15, -0.1) is 0 Å². The van der Waals surface area contributed by atoms with Crippen molar-refractivity contribution in [2.24, 2.45) is 11.5 Å². The minimum Gasteiger partial charge on any atom is -0.505 e. The molecular formula is C12H20N2O7. The summed E-state index contributed by atoms with van der Waals surface area (Å²) in [7, 11) is 0. The predicted molar refractivity (Wildman–Crippen MR) is 69.6 cm³/mol. The van der Waals surface area contributed by atoms with E-state index in [1.807, 2.05) is 0 Å². The highest BCUT2D eigenvalue weighted by molar-refractivity contribution is 5.93. The van der Waals surface area contributed by atoms with E-state index in [2.05, 4.69) is 4.74 Å². The zero-order valence-electron chi connectivity index (χ0n) is 11.4. The smallest absolute Gasteiger partial charge is 0.378 e. The first kappa shape index (κ1) is 17.4. The lowest BCUT2D eigenvalue weighted by atomic mass is 10.1. The van der Waals surface area contributed by atoms with Gasteiger partial charge < -0.3 is 36.3 Å². The maximum Gasteiger partial charge on any atom is 0.378 e. The van der Waals surface area contributed by atoms with Crippen molar-refractivity contribution in [2.75, 3.05) is 13.2 Å². The Morgan fingerprint density at radius 1 is 1.43 bits per heavy atom. The van der Waals surface area contributed by atoms with Crippen molar-refractivity contribution in [3.05, 3.63) is 11.5 Å². The quantitative estimate of drug-likeness (QED) is 0.252. The van der Waals surface area contributed by atoms with Crippen molar-refractivity contribution in [3.8, 4) is 0 Å². The Morgan fingerprint density at radius 2 is 2.10 bits per heavy atom. The van der Waals surface area contributed by atoms with Gasteiger partial charge in [-0.1, -0.05) is 6.42 Å². The Hall–Kier alpha value is -1.68. The number of nitrogens with two attached hydrogens (primary N) is 2. The summed E-state index contributed by atoms with van der Waals surface area (Å²) in [5.41, 5.74) is 10.9. The lowest BCUT2D eigenvalue weighted by Crippen LogP contribution is -2.33. The van der Waals surface area contributed by atoms with E-state index in [1.54, 1.807) is 0 Å². The number of ether oxygens (including phenoxy) is 2. The van der Waals surface area contributed by atoms with Gasteiger partial charge in [0, 0.05) is 0 Å². The summed E-state index contributed by atoms with van der Waals surface area (Å²) in [5, 5.41) is 27.8. The fourth-order valence-corrected chi connectivity index (χ4v) is 1.71. The van der Waals surface area contributed by atoms with E-state index in [9.17, 15) is 19.8 Å². The molecule has 120 valence electrons. The van der Waals surface area contributed by atoms with Crippen LogP contribution in [0, 0.1) is 0 Å². The zero-order chi connectivity index (χ0) is 16.0. The molecule has 9 heteroatoms. The average molecular weight is 304 g/mol. The van der Waals surface area contributed by atoms with E-state index >= 15 is 0 Å². The number of rotatable bonds is 8. The molecule has 0 aromatic carbocycles. The molecule has 7 N–H and O–H groups in total. The lowest BCUT2D eigenvalue weighted by molar-refractivity contribution is -0.154. The Balaban J connectivity index is 2.65. The first-order chi connectivity index (χ1) is 9.92. The molecule has 21 heavy (non-hydrogen) atoms. The van der Waals surface area contributed by atoms with Crippen LogP contribution < -0.4 is 11.5 Å². The average Bonchev–Trinajstić information content (AvgIpc) is 2.74. The number of carbonyl (C=O) groups excluding carboxylic acids is 2. The highest BCUT2D eigenvalue weighted by Gasteiger charge is 2.41. The standard InChI is InChI=1S/C12H20N2O7/c13-4-2-1-3-6(14)11(18)21-10-8(17)9(7(16)5-15)20-12(10)19/h6-7,9,15-17H,1-5,13-14H2/t6?,7-,9+/m0/s1. The van der Waals surface area contributed by atoms with Crippen LogP contribution in [-0.2, 0) is 19.1 Å². The van der Waals surface area contributed by atoms with Gasteiger partial charge in [-0.25, -0.2) is 9.59 Å². The molecule has 0 radical (unpaired) electrons. The molecule has 0 saturated heterocycles. The third-order valence-electron chi connectivity index (χ3n) is 2.93. The molecule has 0 aromatic rings. The molecule has 1 aliphatic rings. The molecular weight excluding hydrogens is 284 g/mol. The predicted octanol–water partition coefficient (Wildman–Crippen LogP) is -1.97. The van der Waals surface area contributed by atoms with E-state index in [-0.39, 0.29) is 0 Å². The molecule has 1 rings (SSSR count). The molecule has 0 amide bonds. The summed E-state index contributed by atoms with van der Waals surface area (Å²) < 4.78 is 9.33. The van der Waals surface area contributed by atoms with E-state index < -0.39 is 48.3 Å². The van der Waals surface area contributed by atoms with Gasteiger partial charge in [0.2, 0.25) is 0 Å². The SMILES string of the molecule is NCCCCC(N)C(=O)OC1=C(O)[C@@H]([C@@H](O)CO)OC1=O. The van der Waals surface area contributed by atoms with Gasteiger partial charge in [-0.3, -0.25) is 0 Å². The van der Waals surface area contributed by atoms with Crippen LogP contribution in [0.1, 0.15) is 19.3 Å². The fraction of sp³-hybridized carbons (Fsp3) is 0.667. The molecule has 0 saturated carbocycles. The van der Waals surface area contributed by atoms with Crippen molar-refractivity contribution in [3.63, 3.8) is 0 Å². The lowest BCUT2D eigenvalue weighted by Gasteiger charge is -2.14. The minimum absolute atomic E-state index is 0.321. The molecule has 3 atom stereocenters. The van der Waals surface area contributed by atoms with Crippen molar-refractivity contribution in [1.82, 2.24) is 0 Å². The number of carbonyl (C=O) groups is 2. The van der Waals surface area contributed by atoms with Crippen molar-refractivity contribution in [1.29, 1.82) is 0 Å². The second kappa shape index (κ2) is 7.93. The van der Waals surface area contributed by atoms with Gasteiger partial charge in [0.25, 0.3) is 5.76 Å². The maximum atomic E-state index is 11.7. The third-order valence-corrected chi connectivity index (χ3v) is 2.93. The zero-order valence-corrected chi connectivity index (χ0v) is 11.4. The molecule has 9 nitrogen and oxygen atoms in total. The minimum atomic E-state index is -1.51. The van der Waals surface area contributed by atoms with Gasteiger partial charge >= 0.3 is 11.9 Å². The number of esters is 2. The number of hydrogen-bond donors (Lipinski definition) is 5. The fourth-order valence-electron chi connectivity index (χ4n) is 1.71. The van der Waals surface area contributed by atoms with E-state index in [1.165, 1.54) is 0 Å². The van der Waals surface area contributed by atoms with Crippen LogP contribution in [0.3, 0.4) is 0 Å². The molecule has 0 spiro atoms. The Bertz CT molecular complexity index is 424. The number of aliphatic hydroxyl groups excluding tert-OH is 3. The highest BCUT2D eigenvalue weighted by atomic mass is 16.6. The normalized spacial score (nSPS) is 21.1. The Morgan fingerprint density at radius 3 is 2.67 bits per heavy atom. The van der Waals surface area contributed by atoms with Crippen LogP contribution in [0.2, 0.25) is 0 Å². The number of hydrogen-bond acceptors (Lipinski definition) is 9. The van der Waals surface area contributed by atoms with E-state index in [0.717, 1.165) is 0 Å². The largest absolute Gasteiger partial charge is 0.505 e. The van der Waals surface area contributed by atoms with Gasteiger partial charge in [-0.05, 0) is 19.4 Å². The summed E-state index contributed by atoms with van der Waals surface area (Å²) in [6.45, 7) is -0.261. The summed E-state index contributed by atoms with van der Waals surface area (Å²) in [4.78, 5) is 23.2. The molecule has 0 fully saturated rings. The van der Waals surface area contributed by atoms with Crippen LogP contribution >= 0.6 is 0 Å². The van der Waals surface area contributed by atoms with Gasteiger partial charge in [0.1, 0.15) is 12.1 Å². The molecule has 1 aliphatic heterocycles. The molecule has 0 aliphatic carbocycles. The number of aliphatic hydroxyl groups is 3. The van der Waals surface area contributed by atoms with Crippen LogP contribution in [-0.4, -0.2) is 58.7 Å². The first-order valence-corrected chi connectivity index (χ1v) is 6.52. The van der Waals surface area contributed by atoms with Crippen LogP contribution in [0.4, 0.5) is 0 Å². The molecule has 1 heterocycles. The van der Waals surface area contributed by atoms with Gasteiger partial charge in [-0.2, -0.15) is 0 Å². The second-order valence-corrected chi connectivity index (χ2v) is 4.60. The number of cyclic esters (lactones) is 1. The van der Waals surface area contributed by atoms with Crippen LogP contribution in [0.25, 0.3) is 0 Å². The van der Waals surface area contributed by atoms with Crippen LogP contribution in [0.5, 0.6) is 0 Å². The van der Waals surface area contributed by atoms with Crippen molar-refractivity contribution >= 4 is 11.9 Å². The summed E-state index contributed by atoms with van der Waals surface area (Å²) in [5.74, 6) is -3.46. The molecule has 0 bridgehead atoms. The van der Waals surface area contributed by atoms with Crippen LogP contribution in [0.15, 0.2) is 11.5 Å². The first-order valence-electron chi connectivity index (χ1n) is 6.52. The molecule has 1 unspecified atom stereocenters. The van der Waals surface area contributed by atoms with E-state index in [4.69, 9.17) is 21.3 Å². The summed E-state index contributed by atoms with van der Waals surface area (Å²) in [6, 6.07) is -0.966. The Labute approximate surface area is 121 Å². The van der Waals surface area contributed by atoms with Gasteiger partial charge in [0.05, 0.1) is 6.61 Å². The topological polar surface area (TPSA) is 165 Å². The third kappa shape index (κ3) is 4.39. The van der Waals surface area contributed by atoms with E-state index in [0.29, 0.717) is 25.8 Å². The second-order valence-electron chi connectivity index (χ2n) is 4.60. The summed E-state index contributed by atoms with van der Waals surface area (Å²) >= 11 is 0. The van der Waals surface area contributed by atoms with Crippen molar-refractivity contribution in [2.45, 2.75) is 37.5 Å². The van der Waals surface area contributed by atoms with Crippen molar-refractivity contribution < 1.29 is 34.4 Å². The monoisotopic (exact) mass is 304 g/mol. The number of unbranched alkanes of at least 4 members (excludes halogenated alkanes) is 1. The maximum absolute atomic E-state index is 11.7.